The van der Waals surface area contributed by atoms with Crippen molar-refractivity contribution >= 4 is 7.28 Å². The molecule has 0 aromatic heterocycles. The minimum atomic E-state index is 0.895. The largest absolute Gasteiger partial charge is 0.144 e. The highest BCUT2D eigenvalue weighted by molar-refractivity contribution is 6.43. The van der Waals surface area contributed by atoms with Gasteiger partial charge in [-0.05, 0) is 6.42 Å². The predicted octanol–water partition coefficient (Wildman–Crippen LogP) is 4.15. The molecule has 0 aromatic rings. The summed E-state index contributed by atoms with van der Waals surface area (Å²) in [6.45, 7) is 2.25. The van der Waals surface area contributed by atoms with Crippen molar-refractivity contribution in [3.8, 4) is 0 Å². The van der Waals surface area contributed by atoms with Gasteiger partial charge in [0.2, 0.25) is 0 Å². The molecule has 0 nitrogen and oxygen atoms in total. The Hall–Kier alpha value is -0.195. The van der Waals surface area contributed by atoms with E-state index in [9.17, 15) is 0 Å². The monoisotopic (exact) mass is 177 g/mol. The highest BCUT2D eigenvalue weighted by Gasteiger charge is 2.11. The first-order valence-electron chi connectivity index (χ1n) is 5.93. The Kier molecular flexibility index (Phi) is 6.05. The first kappa shape index (κ1) is 10.9. The Morgan fingerprint density at radius 2 is 2.00 bits per heavy atom. The molecule has 1 heteroatoms. The quantitative estimate of drug-likeness (QED) is 0.437. The lowest BCUT2D eigenvalue weighted by molar-refractivity contribution is 0.502. The van der Waals surface area contributed by atoms with Gasteiger partial charge in [0.1, 0.15) is 7.28 Å². The molecular weight excluding hydrogens is 155 g/mol. The van der Waals surface area contributed by atoms with E-state index in [1.165, 1.54) is 51.4 Å². The SMILES string of the molecule is CCCC/C=C/[B]C1CCCCC1. The predicted molar refractivity (Wildman–Crippen MR) is 61.3 cm³/mol. The zero-order valence-corrected chi connectivity index (χ0v) is 8.97. The van der Waals surface area contributed by atoms with Crippen LogP contribution in [0.25, 0.3) is 0 Å². The molecule has 1 rings (SSSR count). The van der Waals surface area contributed by atoms with E-state index in [2.05, 4.69) is 26.3 Å². The smallest absolute Gasteiger partial charge is 0.126 e. The molecule has 0 atom stereocenters. The number of unbranched alkanes of at least 4 members (excludes halogenated alkanes) is 2. The molecule has 1 radical (unpaired) electrons. The van der Waals surface area contributed by atoms with Gasteiger partial charge in [0.25, 0.3) is 0 Å². The second-order valence-electron chi connectivity index (χ2n) is 4.16. The summed E-state index contributed by atoms with van der Waals surface area (Å²) < 4.78 is 0. The summed E-state index contributed by atoms with van der Waals surface area (Å²) in [5.74, 6) is 3.19. The minimum Gasteiger partial charge on any atom is -0.126 e. The number of rotatable bonds is 5. The zero-order valence-electron chi connectivity index (χ0n) is 8.97. The zero-order chi connectivity index (χ0) is 9.36. The lowest BCUT2D eigenvalue weighted by atomic mass is 9.59. The van der Waals surface area contributed by atoms with Crippen LogP contribution in [-0.2, 0) is 0 Å². The average molecular weight is 177 g/mol. The first-order chi connectivity index (χ1) is 6.43. The highest BCUT2D eigenvalue weighted by atomic mass is 14.1. The van der Waals surface area contributed by atoms with Gasteiger partial charge in [0, 0.05) is 0 Å². The van der Waals surface area contributed by atoms with Gasteiger partial charge in [-0.2, -0.15) is 0 Å². The maximum Gasteiger partial charge on any atom is 0.144 e. The average Bonchev–Trinajstić information content (AvgIpc) is 2.19. The van der Waals surface area contributed by atoms with Crippen LogP contribution in [0.15, 0.2) is 12.1 Å². The van der Waals surface area contributed by atoms with Crippen LogP contribution in [0, 0.1) is 0 Å². The molecule has 0 spiro atoms. The summed E-state index contributed by atoms with van der Waals surface area (Å²) in [5.41, 5.74) is 0. The number of hydrogen-bond acceptors (Lipinski definition) is 0. The Morgan fingerprint density at radius 1 is 1.23 bits per heavy atom. The standard InChI is InChI=1S/C12H22B/c1-2-3-4-8-11-13-12-9-6-5-7-10-12/h8,11-12H,2-7,9-10H2,1H3/b11-8+. The highest BCUT2D eigenvalue weighted by Crippen LogP contribution is 2.27. The number of hydrogen-bond donors (Lipinski definition) is 0. The van der Waals surface area contributed by atoms with E-state index in [1.807, 2.05) is 0 Å². The Bertz CT molecular complexity index is 134. The van der Waals surface area contributed by atoms with Crippen LogP contribution in [0.4, 0.5) is 0 Å². The molecular formula is C12H22B. The Morgan fingerprint density at radius 3 is 2.69 bits per heavy atom. The normalized spacial score (nSPS) is 19.5. The van der Waals surface area contributed by atoms with Gasteiger partial charge in [0.15, 0.2) is 0 Å². The van der Waals surface area contributed by atoms with E-state index in [1.54, 1.807) is 0 Å². The van der Waals surface area contributed by atoms with Gasteiger partial charge in [-0.15, -0.1) is 5.98 Å². The van der Waals surface area contributed by atoms with Crippen LogP contribution in [0.5, 0.6) is 0 Å². The molecule has 0 N–H and O–H groups in total. The van der Waals surface area contributed by atoms with E-state index in [-0.39, 0.29) is 0 Å². The van der Waals surface area contributed by atoms with Crippen molar-refractivity contribution < 1.29 is 0 Å². The molecule has 0 saturated heterocycles. The summed E-state index contributed by atoms with van der Waals surface area (Å²) in [7, 11) is 2.43. The van der Waals surface area contributed by atoms with E-state index in [0.29, 0.717) is 0 Å². The van der Waals surface area contributed by atoms with Crippen LogP contribution in [0.1, 0.15) is 58.3 Å². The maximum atomic E-state index is 2.43. The summed E-state index contributed by atoms with van der Waals surface area (Å²) in [6.07, 6.45) is 13.5. The fourth-order valence-corrected chi connectivity index (χ4v) is 1.98. The summed E-state index contributed by atoms with van der Waals surface area (Å²) in [6, 6.07) is 0. The van der Waals surface area contributed by atoms with Crippen LogP contribution in [-0.4, -0.2) is 7.28 Å². The van der Waals surface area contributed by atoms with Crippen LogP contribution < -0.4 is 0 Å². The van der Waals surface area contributed by atoms with Crippen molar-refractivity contribution in [1.29, 1.82) is 0 Å². The Balaban J connectivity index is 2.00. The molecule has 1 aliphatic rings. The second kappa shape index (κ2) is 7.23. The third kappa shape index (κ3) is 5.18. The summed E-state index contributed by atoms with van der Waals surface area (Å²) in [4.78, 5) is 0. The molecule has 0 aromatic carbocycles. The molecule has 73 valence electrons. The fraction of sp³-hybridized carbons (Fsp3) is 0.833. The second-order valence-corrected chi connectivity index (χ2v) is 4.16. The third-order valence-corrected chi connectivity index (χ3v) is 2.89. The van der Waals surface area contributed by atoms with Crippen molar-refractivity contribution in [2.45, 2.75) is 64.1 Å². The molecule has 1 fully saturated rings. The minimum absolute atomic E-state index is 0.895. The van der Waals surface area contributed by atoms with Gasteiger partial charge in [-0.3, -0.25) is 0 Å². The van der Waals surface area contributed by atoms with Crippen molar-refractivity contribution in [3.63, 3.8) is 0 Å². The van der Waals surface area contributed by atoms with Gasteiger partial charge in [0.05, 0.1) is 0 Å². The van der Waals surface area contributed by atoms with Crippen LogP contribution in [0.2, 0.25) is 5.82 Å². The van der Waals surface area contributed by atoms with Crippen molar-refractivity contribution in [1.82, 2.24) is 0 Å². The van der Waals surface area contributed by atoms with E-state index < -0.39 is 0 Å². The Labute approximate surface area is 84.0 Å². The molecule has 0 heterocycles. The maximum absolute atomic E-state index is 2.43. The van der Waals surface area contributed by atoms with Crippen molar-refractivity contribution in [2.24, 2.45) is 0 Å². The van der Waals surface area contributed by atoms with Crippen molar-refractivity contribution in [2.75, 3.05) is 0 Å². The molecule has 0 amide bonds. The van der Waals surface area contributed by atoms with Crippen LogP contribution in [0.3, 0.4) is 0 Å². The van der Waals surface area contributed by atoms with E-state index >= 15 is 0 Å². The molecule has 1 aliphatic carbocycles. The topological polar surface area (TPSA) is 0 Å². The summed E-state index contributed by atoms with van der Waals surface area (Å²) in [5, 5.41) is 0. The van der Waals surface area contributed by atoms with Gasteiger partial charge in [-0.25, -0.2) is 0 Å². The molecule has 0 aliphatic heterocycles. The molecule has 1 saturated carbocycles. The lowest BCUT2D eigenvalue weighted by Crippen LogP contribution is -2.06. The van der Waals surface area contributed by atoms with Crippen LogP contribution >= 0.6 is 0 Å². The fourth-order valence-electron chi connectivity index (χ4n) is 1.98. The van der Waals surface area contributed by atoms with Crippen molar-refractivity contribution in [3.05, 3.63) is 12.1 Å². The lowest BCUT2D eigenvalue weighted by Gasteiger charge is -2.18. The van der Waals surface area contributed by atoms with Gasteiger partial charge in [-0.1, -0.05) is 63.8 Å². The van der Waals surface area contributed by atoms with E-state index in [4.69, 9.17) is 0 Å². The number of allylic oxidation sites excluding steroid dienone is 1. The first-order valence-corrected chi connectivity index (χ1v) is 5.93. The molecule has 13 heavy (non-hydrogen) atoms. The van der Waals surface area contributed by atoms with Gasteiger partial charge < -0.3 is 0 Å². The van der Waals surface area contributed by atoms with E-state index in [0.717, 1.165) is 5.82 Å². The molecule has 0 unspecified atom stereocenters. The molecule has 0 bridgehead atoms. The summed E-state index contributed by atoms with van der Waals surface area (Å²) >= 11 is 0. The third-order valence-electron chi connectivity index (χ3n) is 2.89. The van der Waals surface area contributed by atoms with Gasteiger partial charge >= 0.3 is 0 Å².